The second kappa shape index (κ2) is 5.57. The van der Waals surface area contributed by atoms with Gasteiger partial charge in [-0.1, -0.05) is 41.9 Å². The van der Waals surface area contributed by atoms with Gasteiger partial charge in [-0.3, -0.25) is 4.90 Å². The van der Waals surface area contributed by atoms with Crippen molar-refractivity contribution < 1.29 is 4.52 Å². The molecule has 100 valence electrons. The van der Waals surface area contributed by atoms with Crippen molar-refractivity contribution in [3.63, 3.8) is 0 Å². The molecule has 1 aromatic carbocycles. The summed E-state index contributed by atoms with van der Waals surface area (Å²) in [5.74, 6) is 0.949. The Morgan fingerprint density at radius 1 is 1.11 bits per heavy atom. The summed E-state index contributed by atoms with van der Waals surface area (Å²) in [6.07, 6.45) is 3.99. The normalized spacial score (nSPS) is 16.7. The Morgan fingerprint density at radius 2 is 1.84 bits per heavy atom. The highest BCUT2D eigenvalue weighted by Gasteiger charge is 2.18. The molecule has 3 rings (SSSR count). The van der Waals surface area contributed by atoms with E-state index in [-0.39, 0.29) is 0 Å². The van der Waals surface area contributed by atoms with Gasteiger partial charge in [0.1, 0.15) is 11.5 Å². The second-order valence-corrected chi connectivity index (χ2v) is 5.27. The van der Waals surface area contributed by atoms with E-state index in [4.69, 9.17) is 4.52 Å². The molecule has 2 aromatic rings. The van der Waals surface area contributed by atoms with Gasteiger partial charge in [-0.15, -0.1) is 0 Å². The molecular weight excluding hydrogens is 236 g/mol. The largest absolute Gasteiger partial charge is 0.361 e. The predicted octanol–water partition coefficient (Wildman–Crippen LogP) is 3.64. The van der Waals surface area contributed by atoms with Gasteiger partial charge in [-0.2, -0.15) is 0 Å². The fourth-order valence-electron chi connectivity index (χ4n) is 2.74. The highest BCUT2D eigenvalue weighted by Crippen LogP contribution is 2.27. The van der Waals surface area contributed by atoms with Crippen LogP contribution >= 0.6 is 0 Å². The van der Waals surface area contributed by atoms with Gasteiger partial charge in [-0.05, 0) is 32.9 Å². The molecule has 3 nitrogen and oxygen atoms in total. The number of aryl methyl sites for hydroxylation is 1. The fourth-order valence-corrected chi connectivity index (χ4v) is 2.74. The molecule has 1 aliphatic rings. The van der Waals surface area contributed by atoms with Gasteiger partial charge in [0.2, 0.25) is 0 Å². The number of nitrogens with zero attached hydrogens (tertiary/aromatic N) is 2. The molecule has 0 unspecified atom stereocenters. The monoisotopic (exact) mass is 256 g/mol. The topological polar surface area (TPSA) is 29.3 Å². The zero-order valence-electron chi connectivity index (χ0n) is 11.4. The molecule has 0 atom stereocenters. The van der Waals surface area contributed by atoms with E-state index in [0.717, 1.165) is 23.6 Å². The van der Waals surface area contributed by atoms with Gasteiger partial charge in [0.25, 0.3) is 0 Å². The highest BCUT2D eigenvalue weighted by molar-refractivity contribution is 5.63. The summed E-state index contributed by atoms with van der Waals surface area (Å²) in [5, 5.41) is 4.25. The maximum atomic E-state index is 5.41. The third-order valence-corrected chi connectivity index (χ3v) is 3.86. The van der Waals surface area contributed by atoms with Gasteiger partial charge in [0.05, 0.1) is 0 Å². The van der Waals surface area contributed by atoms with Gasteiger partial charge in [0.15, 0.2) is 0 Å². The summed E-state index contributed by atoms with van der Waals surface area (Å²) in [6.45, 7) is 5.36. The smallest absolute Gasteiger partial charge is 0.138 e. The first-order valence-electron chi connectivity index (χ1n) is 7.07. The molecule has 1 aromatic heterocycles. The molecule has 0 saturated carbocycles. The van der Waals surface area contributed by atoms with Crippen LogP contribution in [0.3, 0.4) is 0 Å². The number of likely N-dealkylation sites (tertiary alicyclic amines) is 1. The molecule has 0 radical (unpaired) electrons. The van der Waals surface area contributed by atoms with Gasteiger partial charge >= 0.3 is 0 Å². The second-order valence-electron chi connectivity index (χ2n) is 5.27. The van der Waals surface area contributed by atoms with Crippen molar-refractivity contribution in [1.82, 2.24) is 10.1 Å². The van der Waals surface area contributed by atoms with Crippen molar-refractivity contribution in [2.45, 2.75) is 32.7 Å². The average molecular weight is 256 g/mol. The lowest BCUT2D eigenvalue weighted by molar-refractivity contribution is 0.220. The molecule has 2 heterocycles. The number of piperidine rings is 1. The van der Waals surface area contributed by atoms with Gasteiger partial charge in [-0.25, -0.2) is 0 Å². The summed E-state index contributed by atoms with van der Waals surface area (Å²) < 4.78 is 5.41. The molecule has 19 heavy (non-hydrogen) atoms. The van der Waals surface area contributed by atoms with Crippen LogP contribution in [-0.4, -0.2) is 23.1 Å². The van der Waals surface area contributed by atoms with Crippen LogP contribution in [0.1, 0.15) is 30.6 Å². The lowest BCUT2D eigenvalue weighted by atomic mass is 10.0. The molecule has 0 N–H and O–H groups in total. The Hall–Kier alpha value is -1.61. The third-order valence-electron chi connectivity index (χ3n) is 3.86. The molecule has 0 spiro atoms. The van der Waals surface area contributed by atoms with Gasteiger partial charge < -0.3 is 4.52 Å². The van der Waals surface area contributed by atoms with Crippen molar-refractivity contribution >= 4 is 0 Å². The van der Waals surface area contributed by atoms with E-state index in [1.807, 2.05) is 25.1 Å². The molecular formula is C16H20N2O. The summed E-state index contributed by atoms with van der Waals surface area (Å²) in [5.41, 5.74) is 3.39. The van der Waals surface area contributed by atoms with E-state index in [0.29, 0.717) is 0 Å². The van der Waals surface area contributed by atoms with Crippen molar-refractivity contribution in [2.75, 3.05) is 13.1 Å². The Bertz CT molecular complexity index is 527. The van der Waals surface area contributed by atoms with Crippen molar-refractivity contribution in [2.24, 2.45) is 0 Å². The third kappa shape index (κ3) is 2.71. The minimum absolute atomic E-state index is 0.949. The Labute approximate surface area is 114 Å². The van der Waals surface area contributed by atoms with Crippen LogP contribution in [0.2, 0.25) is 0 Å². The molecule has 1 fully saturated rings. The summed E-state index contributed by atoms with van der Waals surface area (Å²) >= 11 is 0. The molecule has 1 saturated heterocycles. The maximum absolute atomic E-state index is 5.41. The highest BCUT2D eigenvalue weighted by atomic mass is 16.5. The zero-order chi connectivity index (χ0) is 13.1. The maximum Gasteiger partial charge on any atom is 0.138 e. The lowest BCUT2D eigenvalue weighted by Crippen LogP contribution is -2.29. The molecule has 1 aliphatic heterocycles. The fraction of sp³-hybridized carbons (Fsp3) is 0.438. The van der Waals surface area contributed by atoms with E-state index in [9.17, 15) is 0 Å². The van der Waals surface area contributed by atoms with Crippen molar-refractivity contribution in [3.05, 3.63) is 41.7 Å². The standard InChI is InChI=1S/C16H20N2O/c1-13-15(12-18-10-6-3-7-11-18)16(17-19-13)14-8-4-2-5-9-14/h2,4-5,8-9H,3,6-7,10-12H2,1H3. The Morgan fingerprint density at radius 3 is 2.58 bits per heavy atom. The minimum atomic E-state index is 0.949. The number of aromatic nitrogens is 1. The van der Waals surface area contributed by atoms with Crippen LogP contribution in [-0.2, 0) is 6.54 Å². The average Bonchev–Trinajstić information content (AvgIpc) is 2.82. The predicted molar refractivity (Wildman–Crippen MR) is 75.8 cm³/mol. The zero-order valence-corrected chi connectivity index (χ0v) is 11.4. The van der Waals surface area contributed by atoms with E-state index in [2.05, 4.69) is 22.2 Å². The van der Waals surface area contributed by atoms with Crippen LogP contribution in [0.15, 0.2) is 34.9 Å². The summed E-state index contributed by atoms with van der Waals surface area (Å²) in [6, 6.07) is 10.3. The van der Waals surface area contributed by atoms with Crippen LogP contribution in [0, 0.1) is 6.92 Å². The van der Waals surface area contributed by atoms with E-state index in [1.54, 1.807) is 0 Å². The molecule has 3 heteroatoms. The number of rotatable bonds is 3. The molecule has 0 amide bonds. The minimum Gasteiger partial charge on any atom is -0.361 e. The lowest BCUT2D eigenvalue weighted by Gasteiger charge is -2.26. The van der Waals surface area contributed by atoms with Crippen LogP contribution < -0.4 is 0 Å². The van der Waals surface area contributed by atoms with Crippen molar-refractivity contribution in [3.8, 4) is 11.3 Å². The molecule has 0 aliphatic carbocycles. The number of hydrogen-bond acceptors (Lipinski definition) is 3. The van der Waals surface area contributed by atoms with Crippen LogP contribution in [0.4, 0.5) is 0 Å². The summed E-state index contributed by atoms with van der Waals surface area (Å²) in [7, 11) is 0. The van der Waals surface area contributed by atoms with Crippen LogP contribution in [0.5, 0.6) is 0 Å². The first-order chi connectivity index (χ1) is 9.34. The SMILES string of the molecule is Cc1onc(-c2ccccc2)c1CN1CCCCC1. The van der Waals surface area contributed by atoms with E-state index in [1.165, 1.54) is 37.9 Å². The van der Waals surface area contributed by atoms with E-state index < -0.39 is 0 Å². The van der Waals surface area contributed by atoms with E-state index >= 15 is 0 Å². The Balaban J connectivity index is 1.86. The van der Waals surface area contributed by atoms with Gasteiger partial charge in [0, 0.05) is 17.7 Å². The molecule has 0 bridgehead atoms. The number of hydrogen-bond donors (Lipinski definition) is 0. The quantitative estimate of drug-likeness (QED) is 0.839. The Kier molecular flexibility index (Phi) is 3.65. The first-order valence-corrected chi connectivity index (χ1v) is 7.07. The van der Waals surface area contributed by atoms with Crippen LogP contribution in [0.25, 0.3) is 11.3 Å². The van der Waals surface area contributed by atoms with Crippen molar-refractivity contribution in [1.29, 1.82) is 0 Å². The first kappa shape index (κ1) is 12.4. The number of benzene rings is 1. The summed E-state index contributed by atoms with van der Waals surface area (Å²) in [4.78, 5) is 2.51.